The molecule has 16 heavy (non-hydrogen) atoms. The lowest BCUT2D eigenvalue weighted by molar-refractivity contribution is -0.151. The first-order valence-corrected chi connectivity index (χ1v) is 5.27. The van der Waals surface area contributed by atoms with Gasteiger partial charge in [0.2, 0.25) is 0 Å². The fourth-order valence-corrected chi connectivity index (χ4v) is 2.15. The van der Waals surface area contributed by atoms with Crippen molar-refractivity contribution in [3.8, 4) is 0 Å². The quantitative estimate of drug-likeness (QED) is 0.861. The number of rotatable bonds is 3. The van der Waals surface area contributed by atoms with Gasteiger partial charge < -0.3 is 9.84 Å². The van der Waals surface area contributed by atoms with Crippen molar-refractivity contribution in [3.05, 3.63) is 35.4 Å². The largest absolute Gasteiger partial charge is 0.385 e. The molecule has 1 aromatic rings. The smallest absolute Gasteiger partial charge is 0.126 e. The van der Waals surface area contributed by atoms with Crippen molar-refractivity contribution in [2.75, 3.05) is 7.11 Å². The van der Waals surface area contributed by atoms with E-state index in [1.54, 1.807) is 0 Å². The fourth-order valence-electron chi connectivity index (χ4n) is 2.15. The van der Waals surface area contributed by atoms with Gasteiger partial charge in [-0.1, -0.05) is 0 Å². The molecule has 1 saturated carbocycles. The Hall–Kier alpha value is -1.00. The van der Waals surface area contributed by atoms with E-state index < -0.39 is 23.3 Å². The second-order valence-electron chi connectivity index (χ2n) is 4.23. The second kappa shape index (κ2) is 4.11. The Morgan fingerprint density at radius 3 is 2.19 bits per heavy atom. The van der Waals surface area contributed by atoms with Gasteiger partial charge in [0.1, 0.15) is 17.7 Å². The Morgan fingerprint density at radius 2 is 1.81 bits per heavy atom. The van der Waals surface area contributed by atoms with Crippen LogP contribution in [-0.4, -0.2) is 17.8 Å². The van der Waals surface area contributed by atoms with E-state index in [-0.39, 0.29) is 5.56 Å². The minimum absolute atomic E-state index is 0.235. The number of ether oxygens (including phenoxy) is 1. The van der Waals surface area contributed by atoms with Crippen molar-refractivity contribution in [2.24, 2.45) is 0 Å². The fraction of sp³-hybridized carbons (Fsp3) is 0.500. The first-order valence-electron chi connectivity index (χ1n) is 5.27. The molecule has 0 saturated heterocycles. The Kier molecular flexibility index (Phi) is 2.95. The SMILES string of the molecule is COC1(C(O)c2cc(F)cc(F)c2)CCC1. The van der Waals surface area contributed by atoms with Gasteiger partial charge in [-0.05, 0) is 37.0 Å². The van der Waals surface area contributed by atoms with Crippen LogP contribution in [0.25, 0.3) is 0 Å². The molecule has 1 atom stereocenters. The molecule has 1 fully saturated rings. The molecule has 0 bridgehead atoms. The zero-order valence-electron chi connectivity index (χ0n) is 9.04. The van der Waals surface area contributed by atoms with Crippen LogP contribution >= 0.6 is 0 Å². The second-order valence-corrected chi connectivity index (χ2v) is 4.23. The molecular formula is C12H14F2O2. The summed E-state index contributed by atoms with van der Waals surface area (Å²) in [7, 11) is 1.51. The van der Waals surface area contributed by atoms with Crippen molar-refractivity contribution >= 4 is 0 Å². The molecular weight excluding hydrogens is 214 g/mol. The highest BCUT2D eigenvalue weighted by atomic mass is 19.1. The summed E-state index contributed by atoms with van der Waals surface area (Å²) in [5.74, 6) is -1.36. The lowest BCUT2D eigenvalue weighted by Crippen LogP contribution is -2.45. The third-order valence-corrected chi connectivity index (χ3v) is 3.31. The van der Waals surface area contributed by atoms with Crippen LogP contribution in [0.1, 0.15) is 30.9 Å². The van der Waals surface area contributed by atoms with Crippen molar-refractivity contribution < 1.29 is 18.6 Å². The maximum absolute atomic E-state index is 13.0. The Bertz CT molecular complexity index is 363. The summed E-state index contributed by atoms with van der Waals surface area (Å²) in [6.07, 6.45) is 1.41. The van der Waals surface area contributed by atoms with Crippen molar-refractivity contribution in [1.82, 2.24) is 0 Å². The number of hydrogen-bond acceptors (Lipinski definition) is 2. The minimum Gasteiger partial charge on any atom is -0.385 e. The van der Waals surface area contributed by atoms with E-state index in [0.29, 0.717) is 12.8 Å². The molecule has 0 amide bonds. The zero-order valence-corrected chi connectivity index (χ0v) is 9.04. The van der Waals surface area contributed by atoms with Gasteiger partial charge in [-0.25, -0.2) is 8.78 Å². The Morgan fingerprint density at radius 1 is 1.25 bits per heavy atom. The molecule has 1 unspecified atom stereocenters. The highest BCUT2D eigenvalue weighted by Gasteiger charge is 2.44. The van der Waals surface area contributed by atoms with Gasteiger partial charge in [-0.15, -0.1) is 0 Å². The minimum atomic E-state index is -0.976. The van der Waals surface area contributed by atoms with Gasteiger partial charge in [-0.3, -0.25) is 0 Å². The van der Waals surface area contributed by atoms with E-state index in [2.05, 4.69) is 0 Å². The maximum Gasteiger partial charge on any atom is 0.126 e. The molecule has 2 rings (SSSR count). The van der Waals surface area contributed by atoms with Crippen molar-refractivity contribution in [3.63, 3.8) is 0 Å². The van der Waals surface area contributed by atoms with Gasteiger partial charge in [0.25, 0.3) is 0 Å². The average molecular weight is 228 g/mol. The summed E-state index contributed by atoms with van der Waals surface area (Å²) in [5.41, 5.74) is -0.431. The highest BCUT2D eigenvalue weighted by Crippen LogP contribution is 2.44. The van der Waals surface area contributed by atoms with Gasteiger partial charge in [0.15, 0.2) is 0 Å². The number of methoxy groups -OCH3 is 1. The molecule has 0 aliphatic heterocycles. The van der Waals surface area contributed by atoms with Crippen LogP contribution in [0.5, 0.6) is 0 Å². The van der Waals surface area contributed by atoms with Crippen LogP contribution in [0.3, 0.4) is 0 Å². The van der Waals surface area contributed by atoms with E-state index in [9.17, 15) is 13.9 Å². The van der Waals surface area contributed by atoms with Crippen LogP contribution in [0.15, 0.2) is 18.2 Å². The van der Waals surface area contributed by atoms with E-state index in [1.165, 1.54) is 7.11 Å². The normalized spacial score (nSPS) is 20.2. The molecule has 2 nitrogen and oxygen atoms in total. The Balaban J connectivity index is 2.29. The number of aliphatic hydroxyl groups is 1. The summed E-state index contributed by atoms with van der Waals surface area (Å²) < 4.78 is 31.3. The predicted molar refractivity (Wildman–Crippen MR) is 54.9 cm³/mol. The first-order chi connectivity index (χ1) is 7.57. The van der Waals surface area contributed by atoms with E-state index in [4.69, 9.17) is 4.74 Å². The molecule has 1 aliphatic carbocycles. The van der Waals surface area contributed by atoms with Crippen LogP contribution < -0.4 is 0 Å². The van der Waals surface area contributed by atoms with Crippen LogP contribution in [0.4, 0.5) is 8.78 Å². The third-order valence-electron chi connectivity index (χ3n) is 3.31. The molecule has 1 N–H and O–H groups in total. The monoisotopic (exact) mass is 228 g/mol. The summed E-state index contributed by atoms with van der Waals surface area (Å²) in [5, 5.41) is 10.1. The molecule has 1 aromatic carbocycles. The molecule has 4 heteroatoms. The van der Waals surface area contributed by atoms with Gasteiger partial charge in [0, 0.05) is 13.2 Å². The van der Waals surface area contributed by atoms with E-state index in [0.717, 1.165) is 24.6 Å². The molecule has 0 radical (unpaired) electrons. The third kappa shape index (κ3) is 1.83. The van der Waals surface area contributed by atoms with Crippen molar-refractivity contribution in [2.45, 2.75) is 31.0 Å². The number of aliphatic hydroxyl groups excluding tert-OH is 1. The molecule has 0 heterocycles. The molecule has 88 valence electrons. The Labute approximate surface area is 92.9 Å². The van der Waals surface area contributed by atoms with E-state index >= 15 is 0 Å². The van der Waals surface area contributed by atoms with Gasteiger partial charge >= 0.3 is 0 Å². The van der Waals surface area contributed by atoms with Crippen molar-refractivity contribution in [1.29, 1.82) is 0 Å². The van der Waals surface area contributed by atoms with Gasteiger partial charge in [0.05, 0.1) is 5.60 Å². The summed E-state index contributed by atoms with van der Waals surface area (Å²) in [4.78, 5) is 0. The summed E-state index contributed by atoms with van der Waals surface area (Å²) in [6.45, 7) is 0. The molecule has 0 spiro atoms. The summed E-state index contributed by atoms with van der Waals surface area (Å²) in [6, 6.07) is 3.08. The topological polar surface area (TPSA) is 29.5 Å². The number of benzene rings is 1. The van der Waals surface area contributed by atoms with Crippen LogP contribution in [-0.2, 0) is 4.74 Å². The molecule has 1 aliphatic rings. The average Bonchev–Trinajstić information content (AvgIpc) is 2.15. The molecule has 0 aromatic heterocycles. The van der Waals surface area contributed by atoms with E-state index in [1.807, 2.05) is 0 Å². The highest BCUT2D eigenvalue weighted by molar-refractivity contribution is 5.23. The lowest BCUT2D eigenvalue weighted by atomic mass is 9.73. The maximum atomic E-state index is 13.0. The van der Waals surface area contributed by atoms with Crippen LogP contribution in [0, 0.1) is 11.6 Å². The number of hydrogen-bond donors (Lipinski definition) is 1. The standard InChI is InChI=1S/C12H14F2O2/c1-16-12(3-2-4-12)11(15)8-5-9(13)7-10(14)6-8/h5-7,11,15H,2-4H2,1H3. The summed E-state index contributed by atoms with van der Waals surface area (Å²) >= 11 is 0. The number of halogens is 2. The van der Waals surface area contributed by atoms with Crippen LogP contribution in [0.2, 0.25) is 0 Å². The zero-order chi connectivity index (χ0) is 11.8. The van der Waals surface area contributed by atoms with Gasteiger partial charge in [-0.2, -0.15) is 0 Å². The first kappa shape index (κ1) is 11.5. The predicted octanol–water partition coefficient (Wildman–Crippen LogP) is 2.57. The lowest BCUT2D eigenvalue weighted by Gasteiger charge is -2.44.